The van der Waals surface area contributed by atoms with Crippen LogP contribution in [0.5, 0.6) is 0 Å². The summed E-state index contributed by atoms with van der Waals surface area (Å²) < 4.78 is 2.35. The lowest BCUT2D eigenvalue weighted by Gasteiger charge is -2.37. The Balaban J connectivity index is 1.63. The number of nitrogens with two attached hydrogens (primary N) is 1. The summed E-state index contributed by atoms with van der Waals surface area (Å²) in [5.74, 6) is 1.57. The molecule has 2 aliphatic rings. The summed E-state index contributed by atoms with van der Waals surface area (Å²) in [6, 6.07) is 8.68. The summed E-state index contributed by atoms with van der Waals surface area (Å²) in [5.41, 5.74) is 8.05. The predicted molar refractivity (Wildman–Crippen MR) is 104 cm³/mol. The van der Waals surface area contributed by atoms with Crippen LogP contribution in [0.15, 0.2) is 24.3 Å². The van der Waals surface area contributed by atoms with Crippen LogP contribution in [0.4, 0.5) is 0 Å². The van der Waals surface area contributed by atoms with Crippen LogP contribution in [0.3, 0.4) is 0 Å². The molecule has 2 heterocycles. The van der Waals surface area contributed by atoms with Gasteiger partial charge in [0.1, 0.15) is 5.82 Å². The topological polar surface area (TPSA) is 64.2 Å². The van der Waals surface area contributed by atoms with Crippen molar-refractivity contribution in [2.45, 2.75) is 69.9 Å². The van der Waals surface area contributed by atoms with E-state index in [2.05, 4.69) is 36.6 Å². The van der Waals surface area contributed by atoms with Gasteiger partial charge in [-0.1, -0.05) is 25.0 Å². The largest absolute Gasteiger partial charge is 0.340 e. The molecule has 0 spiro atoms. The molecule has 0 bridgehead atoms. The standard InChI is InChI=1S/C21H30N4O/c1-15(2)25-18-10-4-3-9-17(18)23-19(25)16-8-7-13-24(14-16)20(26)21(22)11-5-6-12-21/h3-4,9-10,15-16H,5-8,11-14,22H2,1-2H3. The second-order valence-electron chi connectivity index (χ2n) is 8.38. The Kier molecular flexibility index (Phi) is 4.51. The van der Waals surface area contributed by atoms with Crippen LogP contribution >= 0.6 is 0 Å². The first-order valence-corrected chi connectivity index (χ1v) is 10.0. The predicted octanol–water partition coefficient (Wildman–Crippen LogP) is 3.59. The maximum absolute atomic E-state index is 13.1. The number of likely N-dealkylation sites (tertiary alicyclic amines) is 1. The zero-order chi connectivity index (χ0) is 18.3. The summed E-state index contributed by atoms with van der Waals surface area (Å²) in [5, 5.41) is 0. The van der Waals surface area contributed by atoms with Crippen molar-refractivity contribution in [2.75, 3.05) is 13.1 Å². The molecule has 1 saturated carbocycles. The van der Waals surface area contributed by atoms with E-state index in [1.54, 1.807) is 0 Å². The average Bonchev–Trinajstić information content (AvgIpc) is 3.25. The number of carbonyl (C=O) groups excluding carboxylic acids is 1. The molecule has 140 valence electrons. The van der Waals surface area contributed by atoms with Crippen molar-refractivity contribution in [1.29, 1.82) is 0 Å². The van der Waals surface area contributed by atoms with Crippen LogP contribution in [0, 0.1) is 0 Å². The molecule has 1 aliphatic heterocycles. The fourth-order valence-corrected chi connectivity index (χ4v) is 4.80. The van der Waals surface area contributed by atoms with Gasteiger partial charge in [-0.3, -0.25) is 4.79 Å². The van der Waals surface area contributed by atoms with Gasteiger partial charge >= 0.3 is 0 Å². The molecule has 2 N–H and O–H groups in total. The molecule has 2 fully saturated rings. The maximum atomic E-state index is 13.1. The van der Waals surface area contributed by atoms with Gasteiger partial charge in [-0.05, 0) is 51.7 Å². The summed E-state index contributed by atoms with van der Waals surface area (Å²) >= 11 is 0. The Labute approximate surface area is 155 Å². The Morgan fingerprint density at radius 3 is 2.69 bits per heavy atom. The number of hydrogen-bond acceptors (Lipinski definition) is 3. The highest BCUT2D eigenvalue weighted by molar-refractivity contribution is 5.86. The SMILES string of the molecule is CC(C)n1c(C2CCCN(C(=O)C3(N)CCCC3)C2)nc2ccccc21. The minimum absolute atomic E-state index is 0.159. The molecule has 4 rings (SSSR count). The second-order valence-corrected chi connectivity index (χ2v) is 8.38. The van der Waals surface area contributed by atoms with Crippen LogP contribution in [-0.4, -0.2) is 39.0 Å². The van der Waals surface area contributed by atoms with Crippen molar-refractivity contribution in [3.8, 4) is 0 Å². The van der Waals surface area contributed by atoms with E-state index in [0.29, 0.717) is 6.04 Å². The molecule has 2 aromatic rings. The number of benzene rings is 1. The smallest absolute Gasteiger partial charge is 0.242 e. The molecule has 1 saturated heterocycles. The highest BCUT2D eigenvalue weighted by Crippen LogP contribution is 2.34. The number of imidazole rings is 1. The van der Waals surface area contributed by atoms with E-state index >= 15 is 0 Å². The van der Waals surface area contributed by atoms with Gasteiger partial charge in [-0.15, -0.1) is 0 Å². The molecule has 5 nitrogen and oxygen atoms in total. The Morgan fingerprint density at radius 2 is 1.96 bits per heavy atom. The van der Waals surface area contributed by atoms with Crippen molar-refractivity contribution < 1.29 is 4.79 Å². The quantitative estimate of drug-likeness (QED) is 0.916. The van der Waals surface area contributed by atoms with Gasteiger partial charge in [-0.2, -0.15) is 0 Å². The van der Waals surface area contributed by atoms with E-state index in [-0.39, 0.29) is 11.8 Å². The first-order chi connectivity index (χ1) is 12.5. The number of nitrogens with zero attached hydrogens (tertiary/aromatic N) is 3. The third-order valence-electron chi connectivity index (χ3n) is 6.13. The average molecular weight is 354 g/mol. The van der Waals surface area contributed by atoms with E-state index in [4.69, 9.17) is 10.7 Å². The zero-order valence-electron chi connectivity index (χ0n) is 15.9. The zero-order valence-corrected chi connectivity index (χ0v) is 15.9. The van der Waals surface area contributed by atoms with Gasteiger partial charge in [-0.25, -0.2) is 4.98 Å². The van der Waals surface area contributed by atoms with Crippen LogP contribution in [-0.2, 0) is 4.79 Å². The maximum Gasteiger partial charge on any atom is 0.242 e. The minimum Gasteiger partial charge on any atom is -0.340 e. The van der Waals surface area contributed by atoms with Gasteiger partial charge in [0.15, 0.2) is 0 Å². The number of piperidine rings is 1. The molecule has 1 atom stereocenters. The number of aromatic nitrogens is 2. The molecule has 5 heteroatoms. The second kappa shape index (κ2) is 6.69. The molecule has 0 radical (unpaired) electrons. The third-order valence-corrected chi connectivity index (χ3v) is 6.13. The molecule has 1 amide bonds. The highest BCUT2D eigenvalue weighted by atomic mass is 16.2. The summed E-state index contributed by atoms with van der Waals surface area (Å²) in [7, 11) is 0. The van der Waals surface area contributed by atoms with E-state index in [1.165, 1.54) is 5.52 Å². The molecular weight excluding hydrogens is 324 g/mol. The first kappa shape index (κ1) is 17.5. The lowest BCUT2D eigenvalue weighted by Crippen LogP contribution is -2.55. The molecule has 26 heavy (non-hydrogen) atoms. The Hall–Kier alpha value is -1.88. The number of carbonyl (C=O) groups is 1. The molecular formula is C21H30N4O. The van der Waals surface area contributed by atoms with E-state index in [9.17, 15) is 4.79 Å². The number of rotatable bonds is 3. The van der Waals surface area contributed by atoms with E-state index < -0.39 is 5.54 Å². The molecule has 1 aromatic heterocycles. The minimum atomic E-state index is -0.625. The summed E-state index contributed by atoms with van der Waals surface area (Å²) in [4.78, 5) is 20.0. The van der Waals surface area contributed by atoms with Crippen molar-refractivity contribution in [3.63, 3.8) is 0 Å². The monoisotopic (exact) mass is 354 g/mol. The van der Waals surface area contributed by atoms with Crippen molar-refractivity contribution in [2.24, 2.45) is 5.73 Å². The number of hydrogen-bond donors (Lipinski definition) is 1. The first-order valence-electron chi connectivity index (χ1n) is 10.0. The van der Waals surface area contributed by atoms with Crippen LogP contribution in [0.2, 0.25) is 0 Å². The van der Waals surface area contributed by atoms with E-state index in [1.807, 2.05) is 11.0 Å². The highest BCUT2D eigenvalue weighted by Gasteiger charge is 2.41. The van der Waals surface area contributed by atoms with Gasteiger partial charge in [0.05, 0.1) is 16.6 Å². The van der Waals surface area contributed by atoms with Crippen LogP contribution < -0.4 is 5.73 Å². The molecule has 1 aromatic carbocycles. The van der Waals surface area contributed by atoms with Gasteiger partial charge in [0, 0.05) is 25.0 Å². The normalized spacial score (nSPS) is 23.1. The van der Waals surface area contributed by atoms with Crippen molar-refractivity contribution >= 4 is 16.9 Å². The number of para-hydroxylation sites is 2. The fourth-order valence-electron chi connectivity index (χ4n) is 4.80. The van der Waals surface area contributed by atoms with Gasteiger partial charge < -0.3 is 15.2 Å². The lowest BCUT2D eigenvalue weighted by molar-refractivity contribution is -0.138. The van der Waals surface area contributed by atoms with Crippen molar-refractivity contribution in [1.82, 2.24) is 14.5 Å². The fraction of sp³-hybridized carbons (Fsp3) is 0.619. The summed E-state index contributed by atoms with van der Waals surface area (Å²) in [6.45, 7) is 5.98. The number of fused-ring (bicyclic) bond motifs is 1. The van der Waals surface area contributed by atoms with Crippen molar-refractivity contribution in [3.05, 3.63) is 30.1 Å². The number of amides is 1. The summed E-state index contributed by atoms with van der Waals surface area (Å²) in [6.07, 6.45) is 5.91. The van der Waals surface area contributed by atoms with Gasteiger partial charge in [0.2, 0.25) is 5.91 Å². The third kappa shape index (κ3) is 2.92. The lowest BCUT2D eigenvalue weighted by atomic mass is 9.92. The molecule has 1 unspecified atom stereocenters. The Morgan fingerprint density at radius 1 is 1.23 bits per heavy atom. The van der Waals surface area contributed by atoms with Gasteiger partial charge in [0.25, 0.3) is 0 Å². The van der Waals surface area contributed by atoms with Crippen LogP contribution in [0.25, 0.3) is 11.0 Å². The van der Waals surface area contributed by atoms with Crippen LogP contribution in [0.1, 0.15) is 70.2 Å². The molecule has 1 aliphatic carbocycles. The van der Waals surface area contributed by atoms with E-state index in [0.717, 1.165) is 63.0 Å². The Bertz CT molecular complexity index is 803.